The van der Waals surface area contributed by atoms with Gasteiger partial charge < -0.3 is 10.0 Å². The van der Waals surface area contributed by atoms with Crippen molar-refractivity contribution in [3.63, 3.8) is 0 Å². The molecule has 3 heterocycles. The van der Waals surface area contributed by atoms with E-state index in [1.54, 1.807) is 0 Å². The van der Waals surface area contributed by atoms with Gasteiger partial charge in [-0.15, -0.1) is 0 Å². The molecule has 3 aliphatic heterocycles. The fraction of sp³-hybridized carbons (Fsp3) is 0.625. The van der Waals surface area contributed by atoms with Gasteiger partial charge in [0.05, 0.1) is 5.60 Å². The van der Waals surface area contributed by atoms with Crippen molar-refractivity contribution in [2.75, 3.05) is 19.6 Å². The molecule has 4 rings (SSSR count). The molecule has 0 amide bonds. The van der Waals surface area contributed by atoms with Crippen LogP contribution in [0.15, 0.2) is 24.3 Å². The first-order chi connectivity index (χ1) is 8.54. The van der Waals surface area contributed by atoms with E-state index in [0.29, 0.717) is 5.92 Å². The van der Waals surface area contributed by atoms with Gasteiger partial charge in [-0.1, -0.05) is 24.3 Å². The molecule has 1 aromatic carbocycles. The normalized spacial score (nSPS) is 31.6. The third-order valence-electron chi connectivity index (χ3n) is 4.70. The molecular formula is C16H23NO. The quantitative estimate of drug-likeness (QED) is 0.866. The lowest BCUT2D eigenvalue weighted by molar-refractivity contribution is 0.0781. The molecule has 3 aliphatic rings. The molecule has 0 spiro atoms. The van der Waals surface area contributed by atoms with Crippen LogP contribution in [0.2, 0.25) is 0 Å². The van der Waals surface area contributed by atoms with E-state index >= 15 is 0 Å². The van der Waals surface area contributed by atoms with Crippen LogP contribution in [0, 0.1) is 5.92 Å². The van der Waals surface area contributed by atoms with Crippen molar-refractivity contribution in [3.8, 4) is 0 Å². The Morgan fingerprint density at radius 2 is 1.72 bits per heavy atom. The van der Waals surface area contributed by atoms with Crippen LogP contribution in [0.1, 0.15) is 43.7 Å². The Bertz CT molecular complexity index is 410. The van der Waals surface area contributed by atoms with Crippen LogP contribution in [-0.4, -0.2) is 29.6 Å². The van der Waals surface area contributed by atoms with E-state index in [1.807, 2.05) is 13.8 Å². The Balaban J connectivity index is 1.81. The Labute approximate surface area is 110 Å². The lowest BCUT2D eigenvalue weighted by atomic mass is 9.75. The summed E-state index contributed by atoms with van der Waals surface area (Å²) in [4.78, 5) is 2.59. The van der Waals surface area contributed by atoms with Crippen LogP contribution in [0.4, 0.5) is 0 Å². The molecule has 0 aliphatic carbocycles. The van der Waals surface area contributed by atoms with Gasteiger partial charge in [-0.05, 0) is 62.7 Å². The van der Waals surface area contributed by atoms with Gasteiger partial charge in [-0.25, -0.2) is 0 Å². The van der Waals surface area contributed by atoms with Crippen LogP contribution < -0.4 is 0 Å². The van der Waals surface area contributed by atoms with Gasteiger partial charge in [-0.3, -0.25) is 0 Å². The number of piperidine rings is 3. The summed E-state index contributed by atoms with van der Waals surface area (Å²) in [6.07, 6.45) is 2.72. The molecule has 3 saturated heterocycles. The topological polar surface area (TPSA) is 23.5 Å². The fourth-order valence-electron chi connectivity index (χ4n) is 3.48. The summed E-state index contributed by atoms with van der Waals surface area (Å²) >= 11 is 0. The monoisotopic (exact) mass is 245 g/mol. The number of fused-ring (bicyclic) bond motifs is 3. The number of benzene rings is 1. The van der Waals surface area contributed by atoms with Gasteiger partial charge in [-0.2, -0.15) is 0 Å². The molecule has 0 saturated carbocycles. The summed E-state index contributed by atoms with van der Waals surface area (Å²) in [5.74, 6) is 1.59. The van der Waals surface area contributed by atoms with Gasteiger partial charge in [0.15, 0.2) is 0 Å². The van der Waals surface area contributed by atoms with E-state index in [9.17, 15) is 5.11 Å². The first-order valence-electron chi connectivity index (χ1n) is 7.09. The average molecular weight is 245 g/mol. The van der Waals surface area contributed by atoms with Crippen molar-refractivity contribution in [3.05, 3.63) is 35.4 Å². The standard InChI is InChI=1S/C16H23NO/c1-16(2,18)14-5-3-12(4-6-14)15-11-17-9-7-13(15)8-10-17/h3-6,13,15,18H,7-11H2,1-2H3. The number of nitrogens with zero attached hydrogens (tertiary/aromatic N) is 1. The summed E-state index contributed by atoms with van der Waals surface area (Å²) in [7, 11) is 0. The summed E-state index contributed by atoms with van der Waals surface area (Å²) in [5, 5.41) is 9.99. The highest BCUT2D eigenvalue weighted by Gasteiger charge is 2.34. The van der Waals surface area contributed by atoms with Gasteiger partial charge in [0, 0.05) is 6.54 Å². The van der Waals surface area contributed by atoms with Crippen LogP contribution in [0.25, 0.3) is 0 Å². The molecule has 18 heavy (non-hydrogen) atoms. The molecule has 0 radical (unpaired) electrons. The summed E-state index contributed by atoms with van der Waals surface area (Å²) in [6.45, 7) is 7.50. The summed E-state index contributed by atoms with van der Waals surface area (Å²) < 4.78 is 0. The van der Waals surface area contributed by atoms with Crippen molar-refractivity contribution >= 4 is 0 Å². The maximum atomic E-state index is 9.99. The first kappa shape index (κ1) is 12.2. The van der Waals surface area contributed by atoms with Crippen LogP contribution in [0.3, 0.4) is 0 Å². The third-order valence-corrected chi connectivity index (χ3v) is 4.70. The lowest BCUT2D eigenvalue weighted by Crippen LogP contribution is -2.46. The van der Waals surface area contributed by atoms with Crippen LogP contribution in [0.5, 0.6) is 0 Å². The van der Waals surface area contributed by atoms with Crippen LogP contribution >= 0.6 is 0 Å². The molecule has 3 fully saturated rings. The minimum absolute atomic E-state index is 0.711. The van der Waals surface area contributed by atoms with Gasteiger partial charge in [0.25, 0.3) is 0 Å². The summed E-state index contributed by atoms with van der Waals surface area (Å²) in [5.41, 5.74) is 1.73. The third kappa shape index (κ3) is 2.19. The van der Waals surface area contributed by atoms with Gasteiger partial charge >= 0.3 is 0 Å². The van der Waals surface area contributed by atoms with E-state index in [4.69, 9.17) is 0 Å². The predicted octanol–water partition coefficient (Wildman–Crippen LogP) is 2.72. The first-order valence-corrected chi connectivity index (χ1v) is 7.09. The highest BCUT2D eigenvalue weighted by molar-refractivity contribution is 5.29. The van der Waals surface area contributed by atoms with Crippen molar-refractivity contribution in [2.24, 2.45) is 5.92 Å². The van der Waals surface area contributed by atoms with Crippen molar-refractivity contribution in [2.45, 2.75) is 38.2 Å². The highest BCUT2D eigenvalue weighted by atomic mass is 16.3. The maximum absolute atomic E-state index is 9.99. The van der Waals surface area contributed by atoms with E-state index in [2.05, 4.69) is 29.2 Å². The van der Waals surface area contributed by atoms with E-state index < -0.39 is 5.60 Å². The Morgan fingerprint density at radius 1 is 1.11 bits per heavy atom. The van der Waals surface area contributed by atoms with E-state index in [0.717, 1.165) is 11.5 Å². The number of rotatable bonds is 2. The molecule has 0 aromatic heterocycles. The zero-order chi connectivity index (χ0) is 12.8. The second kappa shape index (κ2) is 4.36. The average Bonchev–Trinajstić information content (AvgIpc) is 2.39. The number of hydrogen-bond acceptors (Lipinski definition) is 2. The molecule has 1 unspecified atom stereocenters. The molecule has 1 N–H and O–H groups in total. The Hall–Kier alpha value is -0.860. The molecule has 1 aromatic rings. The smallest absolute Gasteiger partial charge is 0.0840 e. The Morgan fingerprint density at radius 3 is 2.17 bits per heavy atom. The summed E-state index contributed by atoms with van der Waals surface area (Å²) in [6, 6.07) is 8.62. The molecule has 2 bridgehead atoms. The molecular weight excluding hydrogens is 222 g/mol. The minimum Gasteiger partial charge on any atom is -0.386 e. The van der Waals surface area contributed by atoms with Gasteiger partial charge in [0.1, 0.15) is 0 Å². The van der Waals surface area contributed by atoms with Crippen molar-refractivity contribution in [1.82, 2.24) is 4.90 Å². The molecule has 98 valence electrons. The largest absolute Gasteiger partial charge is 0.386 e. The number of hydrogen-bond donors (Lipinski definition) is 1. The van der Waals surface area contributed by atoms with E-state index in [-0.39, 0.29) is 0 Å². The zero-order valence-electron chi connectivity index (χ0n) is 11.4. The van der Waals surface area contributed by atoms with Crippen LogP contribution in [-0.2, 0) is 5.60 Å². The lowest BCUT2D eigenvalue weighted by Gasteiger charge is -2.45. The predicted molar refractivity (Wildman–Crippen MR) is 73.6 cm³/mol. The zero-order valence-corrected chi connectivity index (χ0v) is 11.4. The van der Waals surface area contributed by atoms with E-state index in [1.165, 1.54) is 38.0 Å². The molecule has 2 heteroatoms. The Kier molecular flexibility index (Phi) is 2.95. The second-order valence-electron chi connectivity index (χ2n) is 6.43. The maximum Gasteiger partial charge on any atom is 0.0840 e. The molecule has 1 atom stereocenters. The fourth-order valence-corrected chi connectivity index (χ4v) is 3.48. The highest BCUT2D eigenvalue weighted by Crippen LogP contribution is 2.39. The van der Waals surface area contributed by atoms with Crippen molar-refractivity contribution in [1.29, 1.82) is 0 Å². The molecule has 2 nitrogen and oxygen atoms in total. The SMILES string of the molecule is CC(C)(O)c1ccc(C2CN3CCC2CC3)cc1. The second-order valence-corrected chi connectivity index (χ2v) is 6.43. The number of aliphatic hydroxyl groups is 1. The van der Waals surface area contributed by atoms with Gasteiger partial charge in [0.2, 0.25) is 0 Å². The van der Waals surface area contributed by atoms with Crippen molar-refractivity contribution < 1.29 is 5.11 Å². The minimum atomic E-state index is -0.729.